The summed E-state index contributed by atoms with van der Waals surface area (Å²) in [6.07, 6.45) is 4.69. The maximum Gasteiger partial charge on any atom is 0.270 e. The van der Waals surface area contributed by atoms with E-state index in [1.165, 1.54) is 18.2 Å². The zero-order valence-corrected chi connectivity index (χ0v) is 20.4. The van der Waals surface area contributed by atoms with Gasteiger partial charge in [-0.05, 0) is 50.3 Å². The second-order valence-corrected chi connectivity index (χ2v) is 9.67. The number of nitro benzene ring substituents is 1. The highest BCUT2D eigenvalue weighted by Gasteiger charge is 2.33. The van der Waals surface area contributed by atoms with Crippen molar-refractivity contribution >= 4 is 23.4 Å². The van der Waals surface area contributed by atoms with E-state index in [-0.39, 0.29) is 47.0 Å². The molecule has 2 atom stereocenters. The van der Waals surface area contributed by atoms with Gasteiger partial charge in [0.1, 0.15) is 0 Å². The Morgan fingerprint density at radius 2 is 1.58 bits per heavy atom. The van der Waals surface area contributed by atoms with Gasteiger partial charge in [-0.2, -0.15) is 0 Å². The molecule has 0 spiro atoms. The second-order valence-electron chi connectivity index (χ2n) is 9.67. The van der Waals surface area contributed by atoms with Crippen molar-refractivity contribution in [1.29, 1.82) is 0 Å². The molecular weight excluding hydrogens is 460 g/mol. The Kier molecular flexibility index (Phi) is 7.97. The molecular formula is C27H32N4O5. The van der Waals surface area contributed by atoms with Gasteiger partial charge in [0.15, 0.2) is 0 Å². The summed E-state index contributed by atoms with van der Waals surface area (Å²) in [7, 11) is 0. The van der Waals surface area contributed by atoms with Crippen LogP contribution in [0.4, 0.5) is 5.69 Å². The highest BCUT2D eigenvalue weighted by molar-refractivity contribution is 5.96. The third kappa shape index (κ3) is 5.90. The standard InChI is InChI=1S/C27H32N4O5/c1-18-7-2-3-10-22(18)26(33)29-24-12-5-4-11-23(24)28-25(32)19-13-15-30(16-14-19)27(34)20-8-6-9-21(17-20)31(35)36/h2-3,6-10,17,19,23-24H,4-5,11-16H2,1H3,(H,28,32)(H,29,33)/t23-,24-/m1/s1. The van der Waals surface area contributed by atoms with Crippen LogP contribution in [0.3, 0.4) is 0 Å². The zero-order chi connectivity index (χ0) is 25.7. The van der Waals surface area contributed by atoms with Gasteiger partial charge in [-0.3, -0.25) is 24.5 Å². The van der Waals surface area contributed by atoms with E-state index in [2.05, 4.69) is 10.6 Å². The van der Waals surface area contributed by atoms with Crippen molar-refractivity contribution in [3.63, 3.8) is 0 Å². The van der Waals surface area contributed by atoms with E-state index in [4.69, 9.17) is 0 Å². The molecule has 2 aromatic rings. The van der Waals surface area contributed by atoms with Crippen LogP contribution in [-0.2, 0) is 4.79 Å². The van der Waals surface area contributed by atoms with Crippen LogP contribution in [0.5, 0.6) is 0 Å². The minimum atomic E-state index is -0.519. The van der Waals surface area contributed by atoms with Crippen LogP contribution in [0.15, 0.2) is 48.5 Å². The first-order chi connectivity index (χ1) is 17.3. The molecule has 0 aromatic heterocycles. The van der Waals surface area contributed by atoms with E-state index in [0.29, 0.717) is 31.5 Å². The third-order valence-electron chi connectivity index (χ3n) is 7.26. The molecule has 2 aliphatic rings. The van der Waals surface area contributed by atoms with Crippen molar-refractivity contribution in [2.24, 2.45) is 5.92 Å². The second kappa shape index (κ2) is 11.3. The van der Waals surface area contributed by atoms with Gasteiger partial charge in [-0.1, -0.05) is 37.1 Å². The highest BCUT2D eigenvalue weighted by Crippen LogP contribution is 2.24. The van der Waals surface area contributed by atoms with Gasteiger partial charge in [0.2, 0.25) is 5.91 Å². The van der Waals surface area contributed by atoms with Gasteiger partial charge in [0.25, 0.3) is 17.5 Å². The lowest BCUT2D eigenvalue weighted by Gasteiger charge is -2.36. The predicted octanol–water partition coefficient (Wildman–Crippen LogP) is 3.61. The van der Waals surface area contributed by atoms with Gasteiger partial charge in [-0.15, -0.1) is 0 Å². The van der Waals surface area contributed by atoms with Gasteiger partial charge in [0.05, 0.1) is 4.92 Å². The molecule has 9 heteroatoms. The Labute approximate surface area is 210 Å². The first-order valence-electron chi connectivity index (χ1n) is 12.5. The number of hydrogen-bond acceptors (Lipinski definition) is 5. The molecule has 0 unspecified atom stereocenters. The van der Waals surface area contributed by atoms with Crippen molar-refractivity contribution in [2.75, 3.05) is 13.1 Å². The Bertz CT molecular complexity index is 1140. The summed E-state index contributed by atoms with van der Waals surface area (Å²) in [4.78, 5) is 50.9. The van der Waals surface area contributed by atoms with E-state index in [1.807, 2.05) is 31.2 Å². The van der Waals surface area contributed by atoms with Crippen molar-refractivity contribution in [3.05, 3.63) is 75.3 Å². The van der Waals surface area contributed by atoms with Crippen LogP contribution in [-0.4, -0.2) is 52.7 Å². The molecule has 4 rings (SSSR count). The number of nitrogens with one attached hydrogen (secondary N) is 2. The molecule has 1 saturated carbocycles. The van der Waals surface area contributed by atoms with E-state index < -0.39 is 4.92 Å². The number of nitrogens with zero attached hydrogens (tertiary/aromatic N) is 2. The molecule has 9 nitrogen and oxygen atoms in total. The highest BCUT2D eigenvalue weighted by atomic mass is 16.6. The fourth-order valence-electron chi connectivity index (χ4n) is 5.13. The molecule has 1 aliphatic carbocycles. The monoisotopic (exact) mass is 492 g/mol. The number of rotatable bonds is 6. The lowest BCUT2D eigenvalue weighted by Crippen LogP contribution is -2.55. The van der Waals surface area contributed by atoms with Gasteiger partial charge >= 0.3 is 0 Å². The summed E-state index contributed by atoms with van der Waals surface area (Å²) in [5.74, 6) is -0.635. The van der Waals surface area contributed by atoms with E-state index in [9.17, 15) is 24.5 Å². The first kappa shape index (κ1) is 25.3. The van der Waals surface area contributed by atoms with Crippen LogP contribution >= 0.6 is 0 Å². The number of benzene rings is 2. The number of piperidine rings is 1. The molecule has 2 fully saturated rings. The number of carbonyl (C=O) groups is 3. The summed E-state index contributed by atoms with van der Waals surface area (Å²) < 4.78 is 0. The molecule has 2 aromatic carbocycles. The van der Waals surface area contributed by atoms with Crippen LogP contribution in [0.25, 0.3) is 0 Å². The fourth-order valence-corrected chi connectivity index (χ4v) is 5.13. The van der Waals surface area contributed by atoms with Crippen molar-refractivity contribution in [2.45, 2.75) is 57.5 Å². The van der Waals surface area contributed by atoms with E-state index in [1.54, 1.807) is 11.0 Å². The van der Waals surface area contributed by atoms with Crippen LogP contribution < -0.4 is 10.6 Å². The summed E-state index contributed by atoms with van der Waals surface area (Å²) in [6, 6.07) is 12.9. The zero-order valence-electron chi connectivity index (χ0n) is 20.4. The van der Waals surface area contributed by atoms with Crippen LogP contribution in [0.1, 0.15) is 64.8 Å². The van der Waals surface area contributed by atoms with Gasteiger partial charge in [-0.25, -0.2) is 0 Å². The molecule has 3 amide bonds. The molecule has 1 aliphatic heterocycles. The Hall–Kier alpha value is -3.75. The maximum atomic E-state index is 13.1. The number of likely N-dealkylation sites (tertiary alicyclic amines) is 1. The van der Waals surface area contributed by atoms with E-state index >= 15 is 0 Å². The SMILES string of the molecule is Cc1ccccc1C(=O)N[C@@H]1CCCC[C@H]1NC(=O)C1CCN(C(=O)c2cccc([N+](=O)[O-])c2)CC1. The van der Waals surface area contributed by atoms with Gasteiger partial charge < -0.3 is 15.5 Å². The Balaban J connectivity index is 1.31. The number of hydrogen-bond donors (Lipinski definition) is 2. The Morgan fingerprint density at radius 3 is 2.25 bits per heavy atom. The Morgan fingerprint density at radius 1 is 0.917 bits per heavy atom. The van der Waals surface area contributed by atoms with Crippen molar-refractivity contribution in [1.82, 2.24) is 15.5 Å². The molecule has 0 bridgehead atoms. The maximum absolute atomic E-state index is 13.1. The normalized spacial score (nSPS) is 20.4. The lowest BCUT2D eigenvalue weighted by molar-refractivity contribution is -0.384. The predicted molar refractivity (Wildman–Crippen MR) is 135 cm³/mol. The minimum Gasteiger partial charge on any atom is -0.351 e. The molecule has 190 valence electrons. The molecule has 2 N–H and O–H groups in total. The molecule has 0 radical (unpaired) electrons. The average molecular weight is 493 g/mol. The largest absolute Gasteiger partial charge is 0.351 e. The van der Waals surface area contributed by atoms with Crippen LogP contribution in [0.2, 0.25) is 0 Å². The van der Waals surface area contributed by atoms with Crippen molar-refractivity contribution < 1.29 is 19.3 Å². The lowest BCUT2D eigenvalue weighted by atomic mass is 9.88. The molecule has 1 heterocycles. The molecule has 36 heavy (non-hydrogen) atoms. The number of amides is 3. The van der Waals surface area contributed by atoms with Crippen molar-refractivity contribution in [3.8, 4) is 0 Å². The number of nitro groups is 1. The smallest absolute Gasteiger partial charge is 0.270 e. The quantitative estimate of drug-likeness (QED) is 0.471. The topological polar surface area (TPSA) is 122 Å². The minimum absolute atomic E-state index is 0.0421. The average Bonchev–Trinajstić information content (AvgIpc) is 2.89. The summed E-state index contributed by atoms with van der Waals surface area (Å²) in [5.41, 5.74) is 1.72. The third-order valence-corrected chi connectivity index (χ3v) is 7.26. The van der Waals surface area contributed by atoms with Gasteiger partial charge in [0, 0.05) is 54.4 Å². The number of aryl methyl sites for hydroxylation is 1. The summed E-state index contributed by atoms with van der Waals surface area (Å²) >= 11 is 0. The number of carbonyl (C=O) groups excluding carboxylic acids is 3. The summed E-state index contributed by atoms with van der Waals surface area (Å²) in [5, 5.41) is 17.3. The van der Waals surface area contributed by atoms with Crippen LogP contribution in [0, 0.1) is 23.0 Å². The first-order valence-corrected chi connectivity index (χ1v) is 12.5. The van der Waals surface area contributed by atoms with E-state index in [0.717, 1.165) is 31.2 Å². The fraction of sp³-hybridized carbons (Fsp3) is 0.444. The molecule has 1 saturated heterocycles. The summed E-state index contributed by atoms with van der Waals surface area (Å²) in [6.45, 7) is 2.74. The number of non-ortho nitro benzene ring substituents is 1.